The minimum absolute atomic E-state index is 0.00123. The Labute approximate surface area is 164 Å². The molecule has 8 heteroatoms. The smallest absolute Gasteiger partial charge is 0.387 e. The van der Waals surface area contributed by atoms with E-state index in [1.165, 1.54) is 24.3 Å². The zero-order chi connectivity index (χ0) is 20.1. The van der Waals surface area contributed by atoms with Gasteiger partial charge < -0.3 is 19.2 Å². The lowest BCUT2D eigenvalue weighted by Gasteiger charge is -2.11. The van der Waals surface area contributed by atoms with Gasteiger partial charge in [0.25, 0.3) is 5.91 Å². The molecule has 0 radical (unpaired) electrons. The highest BCUT2D eigenvalue weighted by atomic mass is 35.5. The van der Waals surface area contributed by atoms with Crippen molar-refractivity contribution in [1.82, 2.24) is 0 Å². The first-order chi connectivity index (χ1) is 13.4. The molecule has 28 heavy (non-hydrogen) atoms. The van der Waals surface area contributed by atoms with Crippen LogP contribution in [0.2, 0.25) is 5.02 Å². The number of rotatable bonds is 7. The van der Waals surface area contributed by atoms with Gasteiger partial charge in [-0.2, -0.15) is 8.78 Å². The first-order valence-corrected chi connectivity index (χ1v) is 8.63. The third kappa shape index (κ3) is 4.80. The summed E-state index contributed by atoms with van der Waals surface area (Å²) in [6, 6.07) is 14.3. The van der Waals surface area contributed by atoms with Crippen LogP contribution in [0.3, 0.4) is 0 Å². The SMILES string of the molecule is Cc1cccc(Cl)c1OCc1ccc(C(=O)Nc2ccccc2OC(F)F)o1. The zero-order valence-electron chi connectivity index (χ0n) is 14.7. The normalized spacial score (nSPS) is 10.8. The Hall–Kier alpha value is -3.06. The van der Waals surface area contributed by atoms with Crippen molar-refractivity contribution in [3.8, 4) is 11.5 Å². The molecule has 0 spiro atoms. The van der Waals surface area contributed by atoms with E-state index in [-0.39, 0.29) is 23.8 Å². The minimum atomic E-state index is -3.00. The van der Waals surface area contributed by atoms with Crippen molar-refractivity contribution in [3.05, 3.63) is 76.7 Å². The molecule has 0 fully saturated rings. The fourth-order valence-corrected chi connectivity index (χ4v) is 2.75. The number of hydrogen-bond donors (Lipinski definition) is 1. The zero-order valence-corrected chi connectivity index (χ0v) is 15.5. The van der Waals surface area contributed by atoms with E-state index in [1.807, 2.05) is 19.1 Å². The molecule has 0 aliphatic carbocycles. The number of ether oxygens (including phenoxy) is 2. The molecule has 5 nitrogen and oxygen atoms in total. The average molecular weight is 408 g/mol. The van der Waals surface area contributed by atoms with Crippen molar-refractivity contribution in [2.75, 3.05) is 5.32 Å². The van der Waals surface area contributed by atoms with E-state index in [2.05, 4.69) is 10.1 Å². The van der Waals surface area contributed by atoms with Gasteiger partial charge >= 0.3 is 6.61 Å². The van der Waals surface area contributed by atoms with Crippen LogP contribution >= 0.6 is 11.6 Å². The summed E-state index contributed by atoms with van der Waals surface area (Å²) >= 11 is 6.11. The van der Waals surface area contributed by atoms with Crippen LogP contribution in [-0.2, 0) is 6.61 Å². The number of hydrogen-bond acceptors (Lipinski definition) is 4. The molecule has 0 bridgehead atoms. The van der Waals surface area contributed by atoms with Gasteiger partial charge in [0.15, 0.2) is 5.76 Å². The van der Waals surface area contributed by atoms with Gasteiger partial charge in [-0.05, 0) is 42.8 Å². The molecule has 1 N–H and O–H groups in total. The summed E-state index contributed by atoms with van der Waals surface area (Å²) in [5.41, 5.74) is 0.973. The van der Waals surface area contributed by atoms with Crippen molar-refractivity contribution in [2.24, 2.45) is 0 Å². The van der Waals surface area contributed by atoms with Crippen molar-refractivity contribution >= 4 is 23.2 Å². The minimum Gasteiger partial charge on any atom is -0.484 e. The lowest BCUT2D eigenvalue weighted by Crippen LogP contribution is -2.13. The van der Waals surface area contributed by atoms with Crippen LogP contribution in [-0.4, -0.2) is 12.5 Å². The van der Waals surface area contributed by atoms with E-state index in [9.17, 15) is 13.6 Å². The van der Waals surface area contributed by atoms with Crippen molar-refractivity contribution in [2.45, 2.75) is 20.1 Å². The molecular weight excluding hydrogens is 392 g/mol. The van der Waals surface area contributed by atoms with E-state index < -0.39 is 12.5 Å². The molecule has 146 valence electrons. The summed E-state index contributed by atoms with van der Waals surface area (Å²) in [5, 5.41) is 2.96. The van der Waals surface area contributed by atoms with Crippen LogP contribution < -0.4 is 14.8 Å². The van der Waals surface area contributed by atoms with Gasteiger partial charge in [0.2, 0.25) is 0 Å². The number of halogens is 3. The van der Waals surface area contributed by atoms with Crippen LogP contribution in [0.1, 0.15) is 21.9 Å². The standard InChI is InChI=1S/C20H16ClF2NO4/c1-12-5-4-6-14(21)18(12)26-11-13-9-10-17(27-13)19(25)24-15-7-2-3-8-16(15)28-20(22)23/h2-10,20H,11H2,1H3,(H,24,25). The Bertz CT molecular complexity index is 954. The molecule has 1 heterocycles. The molecule has 0 saturated carbocycles. The van der Waals surface area contributed by atoms with Gasteiger partial charge in [-0.25, -0.2) is 0 Å². The maximum atomic E-state index is 12.5. The number of carbonyl (C=O) groups excluding carboxylic acids is 1. The van der Waals surface area contributed by atoms with Crippen molar-refractivity contribution in [3.63, 3.8) is 0 Å². The fraction of sp³-hybridized carbons (Fsp3) is 0.150. The van der Waals surface area contributed by atoms with E-state index >= 15 is 0 Å². The molecule has 1 amide bonds. The highest BCUT2D eigenvalue weighted by Crippen LogP contribution is 2.29. The molecule has 0 unspecified atom stereocenters. The molecule has 1 aromatic heterocycles. The second kappa shape index (κ2) is 8.75. The molecule has 2 aromatic carbocycles. The van der Waals surface area contributed by atoms with Crippen LogP contribution in [0.15, 0.2) is 59.0 Å². The average Bonchev–Trinajstić information content (AvgIpc) is 3.12. The monoisotopic (exact) mass is 407 g/mol. The molecule has 3 aromatic rings. The van der Waals surface area contributed by atoms with Gasteiger partial charge in [0.1, 0.15) is 23.9 Å². The van der Waals surface area contributed by atoms with Crippen molar-refractivity contribution in [1.29, 1.82) is 0 Å². The Kier molecular flexibility index (Phi) is 6.16. The van der Waals surface area contributed by atoms with Crippen LogP contribution in [0, 0.1) is 6.92 Å². The molecule has 0 aliphatic heterocycles. The van der Waals surface area contributed by atoms with Gasteiger partial charge in [-0.1, -0.05) is 35.9 Å². The number of para-hydroxylation sites is 3. The van der Waals surface area contributed by atoms with Crippen LogP contribution in [0.25, 0.3) is 0 Å². The second-order valence-electron chi connectivity index (χ2n) is 5.77. The van der Waals surface area contributed by atoms with Gasteiger partial charge in [0.05, 0.1) is 10.7 Å². The topological polar surface area (TPSA) is 60.7 Å². The lowest BCUT2D eigenvalue weighted by molar-refractivity contribution is -0.0493. The Morgan fingerprint density at radius 2 is 1.93 bits per heavy atom. The van der Waals surface area contributed by atoms with Crippen LogP contribution in [0.5, 0.6) is 11.5 Å². The largest absolute Gasteiger partial charge is 0.484 e. The van der Waals surface area contributed by atoms with Gasteiger partial charge in [-0.15, -0.1) is 0 Å². The second-order valence-corrected chi connectivity index (χ2v) is 6.18. The highest BCUT2D eigenvalue weighted by molar-refractivity contribution is 6.32. The molecule has 0 aliphatic rings. The summed E-state index contributed by atoms with van der Waals surface area (Å²) in [4.78, 5) is 12.3. The number of furan rings is 1. The lowest BCUT2D eigenvalue weighted by atomic mass is 10.2. The van der Waals surface area contributed by atoms with E-state index in [0.29, 0.717) is 16.5 Å². The van der Waals surface area contributed by atoms with Gasteiger partial charge in [-0.3, -0.25) is 4.79 Å². The number of nitrogens with one attached hydrogen (secondary N) is 1. The number of alkyl halides is 2. The number of aryl methyl sites for hydroxylation is 1. The summed E-state index contributed by atoms with van der Waals surface area (Å²) in [6.07, 6.45) is 0. The summed E-state index contributed by atoms with van der Waals surface area (Å²) in [5.74, 6) is 0.188. The maximum Gasteiger partial charge on any atom is 0.387 e. The molecule has 0 atom stereocenters. The van der Waals surface area contributed by atoms with E-state index in [1.54, 1.807) is 18.2 Å². The Morgan fingerprint density at radius 1 is 1.14 bits per heavy atom. The quantitative estimate of drug-likeness (QED) is 0.547. The predicted molar refractivity (Wildman–Crippen MR) is 100 cm³/mol. The summed E-state index contributed by atoms with van der Waals surface area (Å²) in [6.45, 7) is -1.07. The Balaban J connectivity index is 1.66. The summed E-state index contributed by atoms with van der Waals surface area (Å²) < 4.78 is 40.5. The summed E-state index contributed by atoms with van der Waals surface area (Å²) in [7, 11) is 0. The molecular formula is C20H16ClF2NO4. The Morgan fingerprint density at radius 3 is 2.68 bits per heavy atom. The maximum absolute atomic E-state index is 12.5. The number of carbonyl (C=O) groups is 1. The molecule has 3 rings (SSSR count). The third-order valence-corrected chi connectivity index (χ3v) is 4.06. The highest BCUT2D eigenvalue weighted by Gasteiger charge is 2.16. The van der Waals surface area contributed by atoms with Crippen LogP contribution in [0.4, 0.5) is 14.5 Å². The third-order valence-electron chi connectivity index (χ3n) is 3.76. The number of benzene rings is 2. The first kappa shape index (κ1) is 19.7. The number of anilines is 1. The number of amides is 1. The molecule has 0 saturated heterocycles. The van der Waals surface area contributed by atoms with E-state index in [4.69, 9.17) is 20.8 Å². The predicted octanol–water partition coefficient (Wildman–Crippen LogP) is 5.67. The fourth-order valence-electron chi connectivity index (χ4n) is 2.47. The van der Waals surface area contributed by atoms with E-state index in [0.717, 1.165) is 5.56 Å². The first-order valence-electron chi connectivity index (χ1n) is 8.26. The van der Waals surface area contributed by atoms with Gasteiger partial charge in [0, 0.05) is 0 Å². The van der Waals surface area contributed by atoms with Crippen molar-refractivity contribution < 1.29 is 27.5 Å².